The second kappa shape index (κ2) is 3.82. The first-order valence-corrected chi connectivity index (χ1v) is 5.48. The summed E-state index contributed by atoms with van der Waals surface area (Å²) in [5.74, 6) is 0.578. The Balaban J connectivity index is 2.45. The Bertz CT molecular complexity index is 402. The molecule has 15 heavy (non-hydrogen) atoms. The van der Waals surface area contributed by atoms with Crippen LogP contribution in [0, 0.1) is 0 Å². The zero-order valence-corrected chi connectivity index (χ0v) is 9.87. The Hall–Kier alpha value is -1.08. The molecule has 2 rings (SSSR count). The van der Waals surface area contributed by atoms with Crippen LogP contribution in [0.4, 0.5) is 0 Å². The fraction of sp³-hybridized carbons (Fsp3) is 0.429. The minimum Gasteiger partial charge on any atom is -0.372 e. The molecule has 0 radical (unpaired) electrons. The summed E-state index contributed by atoms with van der Waals surface area (Å²) >= 11 is 0. The van der Waals surface area contributed by atoms with Gasteiger partial charge in [-0.2, -0.15) is 0 Å². The maximum atomic E-state index is 5.52. The van der Waals surface area contributed by atoms with Crippen LogP contribution in [0.5, 0.6) is 0 Å². The molecule has 1 heteroatoms. The molecule has 0 N–H and O–H groups in total. The predicted octanol–water partition coefficient (Wildman–Crippen LogP) is 3.91. The highest BCUT2D eigenvalue weighted by atomic mass is 16.5. The van der Waals surface area contributed by atoms with Crippen LogP contribution < -0.4 is 0 Å². The summed E-state index contributed by atoms with van der Waals surface area (Å²) in [7, 11) is 1.78. The summed E-state index contributed by atoms with van der Waals surface area (Å²) in [6, 6.07) is 6.69. The van der Waals surface area contributed by atoms with E-state index in [4.69, 9.17) is 4.74 Å². The van der Waals surface area contributed by atoms with Crippen molar-refractivity contribution < 1.29 is 4.74 Å². The van der Waals surface area contributed by atoms with Crippen molar-refractivity contribution in [1.82, 2.24) is 0 Å². The van der Waals surface area contributed by atoms with Crippen LogP contribution >= 0.6 is 0 Å². The van der Waals surface area contributed by atoms with E-state index in [-0.39, 0.29) is 6.10 Å². The molecule has 1 nitrogen and oxygen atoms in total. The Labute approximate surface area is 91.8 Å². The molecule has 1 aromatic rings. The molecule has 1 aliphatic carbocycles. The fourth-order valence-electron chi connectivity index (χ4n) is 2.19. The molecule has 0 amide bonds. The van der Waals surface area contributed by atoms with Gasteiger partial charge in [-0.25, -0.2) is 0 Å². The molecular formula is C14H18O. The number of hydrogen-bond acceptors (Lipinski definition) is 1. The maximum absolute atomic E-state index is 5.52. The molecule has 0 heterocycles. The van der Waals surface area contributed by atoms with Crippen molar-refractivity contribution in [2.45, 2.75) is 32.8 Å². The van der Waals surface area contributed by atoms with Gasteiger partial charge in [0, 0.05) is 7.11 Å². The van der Waals surface area contributed by atoms with Crippen LogP contribution in [-0.4, -0.2) is 7.11 Å². The van der Waals surface area contributed by atoms with Gasteiger partial charge >= 0.3 is 0 Å². The summed E-state index contributed by atoms with van der Waals surface area (Å²) in [4.78, 5) is 0. The van der Waals surface area contributed by atoms with Gasteiger partial charge in [-0.05, 0) is 35.1 Å². The molecule has 0 saturated carbocycles. The van der Waals surface area contributed by atoms with Crippen molar-refractivity contribution in [3.05, 3.63) is 40.5 Å². The first-order chi connectivity index (χ1) is 7.13. The molecule has 0 saturated heterocycles. The van der Waals surface area contributed by atoms with E-state index in [1.165, 1.54) is 22.3 Å². The second-order valence-electron chi connectivity index (χ2n) is 4.55. The molecule has 1 aromatic carbocycles. The van der Waals surface area contributed by atoms with Crippen molar-refractivity contribution in [2.24, 2.45) is 0 Å². The standard InChI is InChI=1S/C14H18O/c1-9(2)11-5-6-12-7-10(3)14(15-4)13(12)8-11/h5-9,14H,1-4H3. The molecule has 0 spiro atoms. The topological polar surface area (TPSA) is 9.23 Å². The van der Waals surface area contributed by atoms with Gasteiger partial charge in [0.05, 0.1) is 0 Å². The van der Waals surface area contributed by atoms with E-state index in [0.29, 0.717) is 5.92 Å². The molecule has 0 bridgehead atoms. The quantitative estimate of drug-likeness (QED) is 0.706. The average molecular weight is 202 g/mol. The molecule has 0 fully saturated rings. The van der Waals surface area contributed by atoms with Crippen LogP contribution in [0.15, 0.2) is 23.8 Å². The second-order valence-corrected chi connectivity index (χ2v) is 4.55. The summed E-state index contributed by atoms with van der Waals surface area (Å²) < 4.78 is 5.52. The van der Waals surface area contributed by atoms with Crippen LogP contribution in [0.25, 0.3) is 6.08 Å². The minimum absolute atomic E-state index is 0.165. The third kappa shape index (κ3) is 1.72. The highest BCUT2D eigenvalue weighted by Gasteiger charge is 2.22. The largest absolute Gasteiger partial charge is 0.372 e. The smallest absolute Gasteiger partial charge is 0.104 e. The predicted molar refractivity (Wildman–Crippen MR) is 63.9 cm³/mol. The Kier molecular flexibility index (Phi) is 2.66. The van der Waals surface area contributed by atoms with Gasteiger partial charge in [0.15, 0.2) is 0 Å². The third-order valence-corrected chi connectivity index (χ3v) is 3.09. The number of ether oxygens (including phenoxy) is 1. The van der Waals surface area contributed by atoms with Crippen LogP contribution in [0.1, 0.15) is 49.5 Å². The van der Waals surface area contributed by atoms with Crippen molar-refractivity contribution >= 4 is 6.08 Å². The monoisotopic (exact) mass is 202 g/mol. The van der Waals surface area contributed by atoms with Gasteiger partial charge in [-0.3, -0.25) is 0 Å². The molecule has 80 valence electrons. The molecule has 1 unspecified atom stereocenters. The molecule has 1 atom stereocenters. The lowest BCUT2D eigenvalue weighted by Gasteiger charge is -2.14. The van der Waals surface area contributed by atoms with Crippen molar-refractivity contribution in [2.75, 3.05) is 7.11 Å². The Morgan fingerprint density at radius 3 is 2.60 bits per heavy atom. The van der Waals surface area contributed by atoms with E-state index in [9.17, 15) is 0 Å². The number of methoxy groups -OCH3 is 1. The highest BCUT2D eigenvalue weighted by molar-refractivity contribution is 5.65. The van der Waals surface area contributed by atoms with Gasteiger partial charge in [-0.1, -0.05) is 38.1 Å². The van der Waals surface area contributed by atoms with E-state index < -0.39 is 0 Å². The first-order valence-electron chi connectivity index (χ1n) is 5.48. The lowest BCUT2D eigenvalue weighted by molar-refractivity contribution is 0.136. The van der Waals surface area contributed by atoms with Crippen molar-refractivity contribution in [1.29, 1.82) is 0 Å². The molecular weight excluding hydrogens is 184 g/mol. The lowest BCUT2D eigenvalue weighted by Crippen LogP contribution is -2.00. The van der Waals surface area contributed by atoms with Gasteiger partial charge in [0.1, 0.15) is 6.10 Å². The van der Waals surface area contributed by atoms with Crippen LogP contribution in [-0.2, 0) is 4.74 Å². The number of benzene rings is 1. The van der Waals surface area contributed by atoms with E-state index >= 15 is 0 Å². The van der Waals surface area contributed by atoms with Crippen molar-refractivity contribution in [3.8, 4) is 0 Å². The molecule has 0 aliphatic heterocycles. The fourth-order valence-corrected chi connectivity index (χ4v) is 2.19. The molecule has 0 aromatic heterocycles. The third-order valence-electron chi connectivity index (χ3n) is 3.09. The lowest BCUT2D eigenvalue weighted by atomic mass is 9.97. The molecule has 1 aliphatic rings. The maximum Gasteiger partial charge on any atom is 0.104 e. The Morgan fingerprint density at radius 1 is 1.27 bits per heavy atom. The van der Waals surface area contributed by atoms with Gasteiger partial charge in [0.2, 0.25) is 0 Å². The summed E-state index contributed by atoms with van der Waals surface area (Å²) in [6.07, 6.45) is 2.38. The van der Waals surface area contributed by atoms with E-state index in [2.05, 4.69) is 45.0 Å². The zero-order chi connectivity index (χ0) is 11.0. The van der Waals surface area contributed by atoms with Crippen LogP contribution in [0.2, 0.25) is 0 Å². The SMILES string of the molecule is COC1C(C)=Cc2ccc(C(C)C)cc21. The Morgan fingerprint density at radius 2 is 2.00 bits per heavy atom. The summed E-state index contributed by atoms with van der Waals surface area (Å²) in [5, 5.41) is 0. The highest BCUT2D eigenvalue weighted by Crippen LogP contribution is 2.37. The number of hydrogen-bond donors (Lipinski definition) is 0. The minimum atomic E-state index is 0.165. The van der Waals surface area contributed by atoms with Gasteiger partial charge in [0.25, 0.3) is 0 Å². The number of rotatable bonds is 2. The van der Waals surface area contributed by atoms with Crippen LogP contribution in [0.3, 0.4) is 0 Å². The van der Waals surface area contributed by atoms with Crippen molar-refractivity contribution in [3.63, 3.8) is 0 Å². The zero-order valence-electron chi connectivity index (χ0n) is 9.87. The van der Waals surface area contributed by atoms with Gasteiger partial charge < -0.3 is 4.74 Å². The van der Waals surface area contributed by atoms with E-state index in [1.807, 2.05) is 0 Å². The van der Waals surface area contributed by atoms with E-state index in [0.717, 1.165) is 0 Å². The average Bonchev–Trinajstić information content (AvgIpc) is 2.51. The first kappa shape index (κ1) is 10.4. The normalized spacial score (nSPS) is 19.3. The van der Waals surface area contributed by atoms with E-state index in [1.54, 1.807) is 7.11 Å². The summed E-state index contributed by atoms with van der Waals surface area (Å²) in [6.45, 7) is 6.57. The van der Waals surface area contributed by atoms with Gasteiger partial charge in [-0.15, -0.1) is 0 Å². The summed E-state index contributed by atoms with van der Waals surface area (Å²) in [5.41, 5.74) is 5.32. The number of fused-ring (bicyclic) bond motifs is 1.